The van der Waals surface area contributed by atoms with E-state index in [1.54, 1.807) is 6.07 Å². The minimum atomic E-state index is -1.06. The third-order valence-corrected chi connectivity index (χ3v) is 4.78. The van der Waals surface area contributed by atoms with E-state index in [1.165, 1.54) is 30.3 Å². The van der Waals surface area contributed by atoms with E-state index in [9.17, 15) is 18.4 Å². The summed E-state index contributed by atoms with van der Waals surface area (Å²) in [6.45, 7) is 0.133. The average Bonchev–Trinajstić information content (AvgIpc) is 3.04. The Labute approximate surface area is 154 Å². The van der Waals surface area contributed by atoms with Gasteiger partial charge in [0.15, 0.2) is 5.78 Å². The van der Waals surface area contributed by atoms with Crippen LogP contribution in [0.1, 0.15) is 22.3 Å². The molecule has 2 aromatic rings. The summed E-state index contributed by atoms with van der Waals surface area (Å²) < 4.78 is 28.2. The molecule has 0 aromatic heterocycles. The maximum absolute atomic E-state index is 15.0. The molecule has 4 nitrogen and oxygen atoms in total. The molecule has 0 spiro atoms. The topological polar surface area (TPSA) is 72.2 Å². The molecule has 0 saturated carbocycles. The van der Waals surface area contributed by atoms with Crippen LogP contribution in [0, 0.1) is 5.82 Å². The largest absolute Gasteiger partial charge is 0.366 e. The zero-order chi connectivity index (χ0) is 18.8. The molecule has 1 saturated heterocycles. The van der Waals surface area contributed by atoms with Gasteiger partial charge in [-0.05, 0) is 23.8 Å². The Bertz CT molecular complexity index is 873. The van der Waals surface area contributed by atoms with E-state index in [2.05, 4.69) is 5.32 Å². The predicted molar refractivity (Wildman–Crippen MR) is 95.4 cm³/mol. The van der Waals surface area contributed by atoms with Crippen LogP contribution in [0.15, 0.2) is 36.4 Å². The molecule has 26 heavy (non-hydrogen) atoms. The van der Waals surface area contributed by atoms with Crippen LogP contribution < -0.4 is 11.1 Å². The van der Waals surface area contributed by atoms with Crippen LogP contribution in [0.2, 0.25) is 5.02 Å². The lowest BCUT2D eigenvalue weighted by Gasteiger charge is -2.13. The molecule has 2 aromatic carbocycles. The van der Waals surface area contributed by atoms with E-state index in [-0.39, 0.29) is 46.9 Å². The molecule has 2 atom stereocenters. The Balaban J connectivity index is 1.92. The van der Waals surface area contributed by atoms with Crippen molar-refractivity contribution in [3.05, 3.63) is 58.4 Å². The molecule has 3 rings (SSSR count). The Hall–Kier alpha value is -2.31. The monoisotopic (exact) mass is 378 g/mol. The minimum absolute atomic E-state index is 0.104. The normalized spacial score (nSPS) is 19.5. The number of nitrogens with two attached hydrogens (primary N) is 1. The van der Waals surface area contributed by atoms with Crippen LogP contribution in [0.5, 0.6) is 0 Å². The Morgan fingerprint density at radius 1 is 1.23 bits per heavy atom. The Morgan fingerprint density at radius 2 is 2.00 bits per heavy atom. The van der Waals surface area contributed by atoms with E-state index in [4.69, 9.17) is 17.3 Å². The fraction of sp³-hybridized carbons (Fsp3) is 0.263. The smallest absolute Gasteiger partial charge is 0.248 e. The predicted octanol–water partition coefficient (Wildman–Crippen LogP) is 3.06. The van der Waals surface area contributed by atoms with E-state index in [1.807, 2.05) is 0 Å². The minimum Gasteiger partial charge on any atom is -0.366 e. The van der Waals surface area contributed by atoms with Gasteiger partial charge in [0.25, 0.3) is 0 Å². The van der Waals surface area contributed by atoms with Gasteiger partial charge in [-0.1, -0.05) is 29.8 Å². The number of hydrogen-bond acceptors (Lipinski definition) is 3. The quantitative estimate of drug-likeness (QED) is 0.840. The highest BCUT2D eigenvalue weighted by molar-refractivity contribution is 6.33. The molecule has 1 aliphatic heterocycles. The summed E-state index contributed by atoms with van der Waals surface area (Å²) in [6, 6.07) is 8.37. The first-order valence-corrected chi connectivity index (χ1v) is 8.52. The van der Waals surface area contributed by atoms with Crippen LogP contribution in [0.25, 0.3) is 11.1 Å². The maximum atomic E-state index is 15.0. The lowest BCUT2D eigenvalue weighted by atomic mass is 9.96. The molecule has 0 bridgehead atoms. The van der Waals surface area contributed by atoms with Crippen molar-refractivity contribution in [2.75, 3.05) is 6.54 Å². The number of nitrogens with one attached hydrogen (secondary N) is 1. The highest BCUT2D eigenvalue weighted by atomic mass is 35.5. The zero-order valence-electron chi connectivity index (χ0n) is 13.8. The molecule has 0 radical (unpaired) electrons. The van der Waals surface area contributed by atoms with Crippen molar-refractivity contribution in [3.8, 4) is 11.1 Å². The van der Waals surface area contributed by atoms with Crippen molar-refractivity contribution < 1.29 is 18.4 Å². The number of primary amides is 1. The lowest BCUT2D eigenvalue weighted by Crippen LogP contribution is -2.32. The van der Waals surface area contributed by atoms with Crippen LogP contribution in [0.4, 0.5) is 8.78 Å². The van der Waals surface area contributed by atoms with Gasteiger partial charge >= 0.3 is 0 Å². The average molecular weight is 379 g/mol. The molecule has 1 fully saturated rings. The zero-order valence-corrected chi connectivity index (χ0v) is 14.5. The van der Waals surface area contributed by atoms with Crippen molar-refractivity contribution in [3.63, 3.8) is 0 Å². The van der Waals surface area contributed by atoms with Gasteiger partial charge in [0.05, 0.1) is 6.04 Å². The van der Waals surface area contributed by atoms with E-state index >= 15 is 0 Å². The van der Waals surface area contributed by atoms with Gasteiger partial charge in [-0.15, -0.1) is 0 Å². The third-order valence-electron chi connectivity index (χ3n) is 4.45. The highest BCUT2D eigenvalue weighted by Crippen LogP contribution is 2.32. The number of carbonyl (C=O) groups is 2. The first-order valence-electron chi connectivity index (χ1n) is 8.14. The number of rotatable bonds is 5. The van der Waals surface area contributed by atoms with Gasteiger partial charge in [-0.2, -0.15) is 0 Å². The Kier molecular flexibility index (Phi) is 5.34. The van der Waals surface area contributed by atoms with Crippen molar-refractivity contribution in [1.29, 1.82) is 0 Å². The number of hydrogen-bond donors (Lipinski definition) is 2. The lowest BCUT2D eigenvalue weighted by molar-refractivity contribution is -0.120. The molecule has 1 amide bonds. The fourth-order valence-electron chi connectivity index (χ4n) is 3.06. The molecule has 1 aliphatic rings. The third kappa shape index (κ3) is 3.76. The van der Waals surface area contributed by atoms with Gasteiger partial charge in [-0.3, -0.25) is 9.59 Å². The number of ketones is 1. The van der Waals surface area contributed by atoms with Gasteiger partial charge in [0.2, 0.25) is 5.91 Å². The number of carbonyl (C=O) groups excluding carboxylic acids is 2. The van der Waals surface area contributed by atoms with Crippen LogP contribution in [0.3, 0.4) is 0 Å². The number of benzene rings is 2. The number of amides is 1. The fourth-order valence-corrected chi connectivity index (χ4v) is 3.28. The van der Waals surface area contributed by atoms with Crippen molar-refractivity contribution in [2.45, 2.75) is 25.1 Å². The van der Waals surface area contributed by atoms with Gasteiger partial charge in [-0.25, -0.2) is 8.78 Å². The van der Waals surface area contributed by atoms with Crippen molar-refractivity contribution in [1.82, 2.24) is 5.32 Å². The van der Waals surface area contributed by atoms with E-state index < -0.39 is 23.9 Å². The molecule has 7 heteroatoms. The summed E-state index contributed by atoms with van der Waals surface area (Å²) in [5.41, 5.74) is 6.15. The van der Waals surface area contributed by atoms with Gasteiger partial charge < -0.3 is 11.1 Å². The van der Waals surface area contributed by atoms with Crippen LogP contribution >= 0.6 is 11.6 Å². The maximum Gasteiger partial charge on any atom is 0.248 e. The summed E-state index contributed by atoms with van der Waals surface area (Å²) >= 11 is 6.15. The SMILES string of the molecule is NC(=O)c1ccc(Cl)c(-c2cccc(CC(=O)[C@@H]3C[C@@H](F)CN3)c2F)c1. The highest BCUT2D eigenvalue weighted by Gasteiger charge is 2.29. The molecule has 0 aliphatic carbocycles. The molecule has 3 N–H and O–H groups in total. The summed E-state index contributed by atoms with van der Waals surface area (Å²) in [6.07, 6.45) is -1.11. The molecular formula is C19H17ClF2N2O2. The Morgan fingerprint density at radius 3 is 2.65 bits per heavy atom. The van der Waals surface area contributed by atoms with E-state index in [0.29, 0.717) is 5.56 Å². The molecular weight excluding hydrogens is 362 g/mol. The summed E-state index contributed by atoms with van der Waals surface area (Å²) in [5.74, 6) is -1.51. The van der Waals surface area contributed by atoms with Crippen LogP contribution in [-0.2, 0) is 11.2 Å². The van der Waals surface area contributed by atoms with Gasteiger partial charge in [0, 0.05) is 41.1 Å². The number of Topliss-reactive ketones (excluding diaryl/α,β-unsaturated/α-hetero) is 1. The second-order valence-electron chi connectivity index (χ2n) is 6.27. The second-order valence-corrected chi connectivity index (χ2v) is 6.68. The van der Waals surface area contributed by atoms with Crippen LogP contribution in [-0.4, -0.2) is 30.4 Å². The molecule has 0 unspecified atom stereocenters. The molecule has 1 heterocycles. The first-order chi connectivity index (χ1) is 12.4. The van der Waals surface area contributed by atoms with E-state index in [0.717, 1.165) is 0 Å². The summed E-state index contributed by atoms with van der Waals surface area (Å²) in [4.78, 5) is 23.7. The first kappa shape index (κ1) is 18.5. The standard InChI is InChI=1S/C19H17ClF2N2O2/c20-15-5-4-11(19(23)26)6-14(15)13-3-1-2-10(18(13)22)7-17(25)16-8-12(21)9-24-16/h1-6,12,16,24H,7-9H2,(H2,23,26)/t12-,16+/m1/s1. The number of alkyl halides is 1. The summed E-state index contributed by atoms with van der Waals surface area (Å²) in [7, 11) is 0. The van der Waals surface area contributed by atoms with Crippen molar-refractivity contribution >= 4 is 23.3 Å². The van der Waals surface area contributed by atoms with Gasteiger partial charge in [0.1, 0.15) is 12.0 Å². The molecule has 136 valence electrons. The second kappa shape index (κ2) is 7.51. The number of halogens is 3. The summed E-state index contributed by atoms with van der Waals surface area (Å²) in [5, 5.41) is 3.06. The van der Waals surface area contributed by atoms with Crippen molar-refractivity contribution in [2.24, 2.45) is 5.73 Å².